The summed E-state index contributed by atoms with van der Waals surface area (Å²) in [6, 6.07) is 19.4. The lowest BCUT2D eigenvalue weighted by Gasteiger charge is -2.34. The molecule has 43 heavy (non-hydrogen) atoms. The van der Waals surface area contributed by atoms with Crippen molar-refractivity contribution in [3.63, 3.8) is 0 Å². The number of carbonyl (C=O) groups excluding carboxylic acids is 2. The number of sulfonamides is 1. The fourth-order valence-electron chi connectivity index (χ4n) is 5.39. The monoisotopic (exact) mass is 643 g/mol. The number of carbonyl (C=O) groups is 2. The smallest absolute Gasteiger partial charge is 0.264 e. The first-order chi connectivity index (χ1) is 20.5. The Morgan fingerprint density at radius 3 is 2.19 bits per heavy atom. The first kappa shape index (κ1) is 32.8. The largest absolute Gasteiger partial charge is 0.352 e. The molecule has 3 aromatic rings. The lowest BCUT2D eigenvalue weighted by molar-refractivity contribution is -0.140. The Morgan fingerprint density at radius 1 is 0.953 bits per heavy atom. The van der Waals surface area contributed by atoms with Gasteiger partial charge in [0.2, 0.25) is 11.8 Å². The molecule has 1 saturated carbocycles. The molecule has 2 amide bonds. The van der Waals surface area contributed by atoms with Gasteiger partial charge in [-0.1, -0.05) is 93.2 Å². The zero-order chi connectivity index (χ0) is 31.1. The minimum atomic E-state index is -4.13. The predicted octanol–water partition coefficient (Wildman–Crippen LogP) is 7.18. The zero-order valence-corrected chi connectivity index (χ0v) is 27.1. The second-order valence-electron chi connectivity index (χ2n) is 11.2. The SMILES string of the molecule is CC[C@@H](C(=O)NC1CCCC1)N(Cc1ccc(Cl)cc1Cl)C(=O)CN(c1ccc(C(C)C)cc1)S(=O)(=O)c1ccccc1. The Labute approximate surface area is 265 Å². The van der Waals surface area contributed by atoms with Crippen LogP contribution < -0.4 is 9.62 Å². The van der Waals surface area contributed by atoms with Gasteiger partial charge >= 0.3 is 0 Å². The fraction of sp³-hybridized carbons (Fsp3) is 0.394. The molecule has 3 aromatic carbocycles. The molecule has 0 unspecified atom stereocenters. The van der Waals surface area contributed by atoms with Crippen molar-refractivity contribution in [1.29, 1.82) is 0 Å². The van der Waals surface area contributed by atoms with Crippen molar-refractivity contribution in [3.05, 3.63) is 94.0 Å². The number of hydrogen-bond acceptors (Lipinski definition) is 4. The van der Waals surface area contributed by atoms with E-state index in [4.69, 9.17) is 23.2 Å². The number of nitrogens with one attached hydrogen (secondary N) is 1. The summed E-state index contributed by atoms with van der Waals surface area (Å²) < 4.78 is 29.1. The summed E-state index contributed by atoms with van der Waals surface area (Å²) in [5.41, 5.74) is 2.00. The first-order valence-electron chi connectivity index (χ1n) is 14.7. The number of rotatable bonds is 12. The van der Waals surface area contributed by atoms with Gasteiger partial charge in [-0.05, 0) is 72.7 Å². The van der Waals surface area contributed by atoms with Crippen molar-refractivity contribution >= 4 is 50.7 Å². The Morgan fingerprint density at radius 2 is 1.60 bits per heavy atom. The van der Waals surface area contributed by atoms with Gasteiger partial charge in [0.15, 0.2) is 0 Å². The summed E-state index contributed by atoms with van der Waals surface area (Å²) in [7, 11) is -4.13. The van der Waals surface area contributed by atoms with Crippen molar-refractivity contribution < 1.29 is 18.0 Å². The van der Waals surface area contributed by atoms with E-state index in [0.717, 1.165) is 35.6 Å². The molecule has 0 aromatic heterocycles. The Hall–Kier alpha value is -3.07. The lowest BCUT2D eigenvalue weighted by Crippen LogP contribution is -2.53. The number of nitrogens with zero attached hydrogens (tertiary/aromatic N) is 2. The third kappa shape index (κ3) is 8.11. The van der Waals surface area contributed by atoms with E-state index in [2.05, 4.69) is 19.2 Å². The quantitative estimate of drug-likeness (QED) is 0.226. The van der Waals surface area contributed by atoms with Crippen LogP contribution in [0.1, 0.15) is 69.9 Å². The molecule has 4 rings (SSSR count). The van der Waals surface area contributed by atoms with E-state index < -0.39 is 28.5 Å². The predicted molar refractivity (Wildman–Crippen MR) is 173 cm³/mol. The van der Waals surface area contributed by atoms with E-state index in [9.17, 15) is 18.0 Å². The summed E-state index contributed by atoms with van der Waals surface area (Å²) >= 11 is 12.6. The third-order valence-corrected chi connectivity index (χ3v) is 10.3. The fourth-order valence-corrected chi connectivity index (χ4v) is 7.30. The van der Waals surface area contributed by atoms with Crippen LogP contribution in [0.25, 0.3) is 0 Å². The van der Waals surface area contributed by atoms with Crippen molar-refractivity contribution in [2.45, 2.75) is 82.3 Å². The molecule has 1 atom stereocenters. The van der Waals surface area contributed by atoms with Gasteiger partial charge in [-0.2, -0.15) is 0 Å². The van der Waals surface area contributed by atoms with Crippen LogP contribution in [0.3, 0.4) is 0 Å². The van der Waals surface area contributed by atoms with Gasteiger partial charge < -0.3 is 10.2 Å². The van der Waals surface area contributed by atoms with Crippen LogP contribution in [0.2, 0.25) is 10.0 Å². The van der Waals surface area contributed by atoms with Crippen LogP contribution in [0, 0.1) is 0 Å². The van der Waals surface area contributed by atoms with E-state index in [-0.39, 0.29) is 29.3 Å². The highest BCUT2D eigenvalue weighted by molar-refractivity contribution is 7.92. The maximum absolute atomic E-state index is 14.3. The topological polar surface area (TPSA) is 86.8 Å². The van der Waals surface area contributed by atoms with Crippen LogP contribution >= 0.6 is 23.2 Å². The number of amides is 2. The second-order valence-corrected chi connectivity index (χ2v) is 13.9. The average molecular weight is 645 g/mol. The van der Waals surface area contributed by atoms with Crippen LogP contribution in [0.5, 0.6) is 0 Å². The highest BCUT2D eigenvalue weighted by Crippen LogP contribution is 2.28. The standard InChI is InChI=1S/C33H39Cl2N3O4S/c1-4-31(33(40)36-27-10-8-9-11-27)37(21-25-14-17-26(34)20-30(25)35)32(39)22-38(28-18-15-24(16-19-28)23(2)3)43(41,42)29-12-6-5-7-13-29/h5-7,12-20,23,27,31H,4,8-11,21-22H2,1-3H3,(H,36,40)/t31-/m0/s1. The Bertz CT molecular complexity index is 1510. The van der Waals surface area contributed by atoms with Gasteiger partial charge in [-0.15, -0.1) is 0 Å². The minimum Gasteiger partial charge on any atom is -0.352 e. The summed E-state index contributed by atoms with van der Waals surface area (Å²) in [5, 5.41) is 3.92. The van der Waals surface area contributed by atoms with E-state index in [0.29, 0.717) is 27.7 Å². The molecule has 10 heteroatoms. The number of halogens is 2. The molecule has 0 radical (unpaired) electrons. The molecule has 0 bridgehead atoms. The molecule has 1 N–H and O–H groups in total. The Kier molecular flexibility index (Phi) is 11.2. The third-order valence-electron chi connectivity index (χ3n) is 7.90. The maximum atomic E-state index is 14.3. The molecule has 0 saturated heterocycles. The number of benzene rings is 3. The molecule has 1 aliphatic carbocycles. The van der Waals surface area contributed by atoms with Crippen LogP contribution in [-0.4, -0.2) is 43.8 Å². The van der Waals surface area contributed by atoms with E-state index in [1.165, 1.54) is 17.0 Å². The number of hydrogen-bond donors (Lipinski definition) is 1. The molecular weight excluding hydrogens is 605 g/mol. The van der Waals surface area contributed by atoms with Gasteiger partial charge in [0.25, 0.3) is 10.0 Å². The number of anilines is 1. The van der Waals surface area contributed by atoms with Gasteiger partial charge in [-0.3, -0.25) is 13.9 Å². The van der Waals surface area contributed by atoms with E-state index >= 15 is 0 Å². The zero-order valence-electron chi connectivity index (χ0n) is 24.8. The normalized spacial score (nSPS) is 14.5. The summed E-state index contributed by atoms with van der Waals surface area (Å²) in [4.78, 5) is 29.4. The molecule has 0 heterocycles. The summed E-state index contributed by atoms with van der Waals surface area (Å²) in [6.45, 7) is 5.45. The van der Waals surface area contributed by atoms with Gasteiger partial charge in [0.05, 0.1) is 10.6 Å². The van der Waals surface area contributed by atoms with Crippen molar-refractivity contribution in [1.82, 2.24) is 10.2 Å². The van der Waals surface area contributed by atoms with E-state index in [1.54, 1.807) is 48.5 Å². The average Bonchev–Trinajstić information content (AvgIpc) is 3.50. The highest BCUT2D eigenvalue weighted by Gasteiger charge is 2.34. The lowest BCUT2D eigenvalue weighted by atomic mass is 10.0. The first-order valence-corrected chi connectivity index (χ1v) is 16.9. The van der Waals surface area contributed by atoms with E-state index in [1.807, 2.05) is 19.1 Å². The maximum Gasteiger partial charge on any atom is 0.264 e. The van der Waals surface area contributed by atoms with Crippen molar-refractivity contribution in [2.24, 2.45) is 0 Å². The molecule has 0 spiro atoms. The van der Waals surface area contributed by atoms with Crippen LogP contribution in [-0.2, 0) is 26.2 Å². The van der Waals surface area contributed by atoms with Gasteiger partial charge in [-0.25, -0.2) is 8.42 Å². The van der Waals surface area contributed by atoms with Gasteiger partial charge in [0, 0.05) is 22.6 Å². The molecule has 1 fully saturated rings. The molecular formula is C33H39Cl2N3O4S. The summed E-state index contributed by atoms with van der Waals surface area (Å²) in [6.07, 6.45) is 4.23. The molecule has 0 aliphatic heterocycles. The highest BCUT2D eigenvalue weighted by atomic mass is 35.5. The van der Waals surface area contributed by atoms with Crippen molar-refractivity contribution in [2.75, 3.05) is 10.8 Å². The second kappa shape index (κ2) is 14.6. The molecule has 7 nitrogen and oxygen atoms in total. The van der Waals surface area contributed by atoms with Gasteiger partial charge in [0.1, 0.15) is 12.6 Å². The van der Waals surface area contributed by atoms with Crippen LogP contribution in [0.15, 0.2) is 77.7 Å². The van der Waals surface area contributed by atoms with Crippen molar-refractivity contribution in [3.8, 4) is 0 Å². The molecule has 1 aliphatic rings. The Balaban J connectivity index is 1.73. The van der Waals surface area contributed by atoms with Crippen LogP contribution in [0.4, 0.5) is 5.69 Å². The summed E-state index contributed by atoms with van der Waals surface area (Å²) in [5.74, 6) is -0.531. The molecule has 230 valence electrons. The minimum absolute atomic E-state index is 0.0109.